The summed E-state index contributed by atoms with van der Waals surface area (Å²) in [5.74, 6) is -0.833. The Kier molecular flexibility index (Phi) is 3.45. The first kappa shape index (κ1) is 14.6. The zero-order valence-corrected chi connectivity index (χ0v) is 12.3. The van der Waals surface area contributed by atoms with Gasteiger partial charge in [0, 0.05) is 6.92 Å². The van der Waals surface area contributed by atoms with Gasteiger partial charge in [-0.25, -0.2) is 0 Å². The van der Waals surface area contributed by atoms with Crippen molar-refractivity contribution in [2.45, 2.75) is 40.9 Å². The van der Waals surface area contributed by atoms with Crippen molar-refractivity contribution in [2.24, 2.45) is 0 Å². The van der Waals surface area contributed by atoms with Gasteiger partial charge >= 0.3 is 68.8 Å². The van der Waals surface area contributed by atoms with Gasteiger partial charge in [-0.2, -0.15) is 0 Å². The third kappa shape index (κ3) is 6.62. The van der Waals surface area contributed by atoms with Gasteiger partial charge in [0.05, 0.1) is 0 Å². The Balaban J connectivity index is 0.000000423. The summed E-state index contributed by atoms with van der Waals surface area (Å²) < 4.78 is 1.68. The number of carboxylic acid groups (broad SMARTS) is 1. The molecule has 1 rings (SSSR count). The first-order valence-electron chi connectivity index (χ1n) is 4.48. The number of hydrogen-bond donors (Lipinski definition) is 1. The molecular weight excluding hydrogens is 279 g/mol. The summed E-state index contributed by atoms with van der Waals surface area (Å²) in [6, 6.07) is 0. The van der Waals surface area contributed by atoms with Gasteiger partial charge in [0.25, 0.3) is 5.97 Å². The van der Waals surface area contributed by atoms with Crippen molar-refractivity contribution in [3.8, 4) is 0 Å². The summed E-state index contributed by atoms with van der Waals surface area (Å²) in [5.41, 5.74) is 12.3. The average Bonchev–Trinajstić information content (AvgIpc) is 2.27. The van der Waals surface area contributed by atoms with Crippen molar-refractivity contribution in [3.05, 3.63) is 22.4 Å². The van der Waals surface area contributed by atoms with E-state index in [2.05, 4.69) is 45.8 Å². The fraction of sp³-hybridized carbons (Fsp3) is 0.583. The Morgan fingerprint density at radius 2 is 1.67 bits per heavy atom. The van der Waals surface area contributed by atoms with Crippen molar-refractivity contribution >= 4 is 5.97 Å². The number of carboxylic acids is 1. The van der Waals surface area contributed by atoms with E-state index in [1.807, 2.05) is 0 Å². The Morgan fingerprint density at radius 3 is 1.80 bits per heavy atom. The fourth-order valence-corrected chi connectivity index (χ4v) is 4.42. The molecule has 93 valence electrons. The number of allylic oxidation sites excluding steroid dienone is 4. The Labute approximate surface area is 91.7 Å². The molecule has 0 aromatic heterocycles. The van der Waals surface area contributed by atoms with Crippen LogP contribution in [-0.2, 0) is 17.2 Å². The monoisotopic (exact) mass is 303 g/mol. The van der Waals surface area contributed by atoms with E-state index in [0.29, 0.717) is 0 Å². The summed E-state index contributed by atoms with van der Waals surface area (Å²) in [7, 11) is 0. The standard InChI is InChI=1S/C5H5.C2H4O2.5CH3.Rh/c1-2-4-5-3-1;1-2(3)4;;;;;;/h1-3H,4H2;1H3,(H,3,4);5*1H3;. The van der Waals surface area contributed by atoms with Crippen LogP contribution in [0.4, 0.5) is 0 Å². The molecular formula is C12H24O2Rh. The van der Waals surface area contributed by atoms with Crippen LogP contribution in [-0.4, -0.2) is 11.1 Å². The van der Waals surface area contributed by atoms with E-state index < -0.39 is 18.4 Å². The third-order valence-electron chi connectivity index (χ3n) is 1.78. The maximum absolute atomic E-state index is 9.00. The maximum atomic E-state index is 9.00. The van der Waals surface area contributed by atoms with E-state index in [0.717, 1.165) is 6.92 Å². The zero-order chi connectivity index (χ0) is 12.4. The molecule has 0 bridgehead atoms. The predicted molar refractivity (Wildman–Crippen MR) is 64.5 cm³/mol. The number of aliphatic carboxylic acids is 1. The summed E-state index contributed by atoms with van der Waals surface area (Å²) in [6.45, 7) is 1.08. The second kappa shape index (κ2) is 3.55. The summed E-state index contributed by atoms with van der Waals surface area (Å²) in [4.78, 5) is 9.00. The van der Waals surface area contributed by atoms with Crippen molar-refractivity contribution < 1.29 is 22.3 Å². The van der Waals surface area contributed by atoms with Crippen LogP contribution < -0.4 is 0 Å². The first-order valence-corrected chi connectivity index (χ1v) is 13.5. The van der Waals surface area contributed by atoms with Crippen LogP contribution in [0.1, 0.15) is 13.3 Å². The van der Waals surface area contributed by atoms with E-state index in [1.54, 1.807) is 4.17 Å². The van der Waals surface area contributed by atoms with Gasteiger partial charge in [0.2, 0.25) is 0 Å². The van der Waals surface area contributed by atoms with Crippen molar-refractivity contribution in [1.29, 1.82) is 0 Å². The third-order valence-corrected chi connectivity index (χ3v) is 7.65. The van der Waals surface area contributed by atoms with Crippen LogP contribution in [0.15, 0.2) is 22.4 Å². The Morgan fingerprint density at radius 1 is 1.27 bits per heavy atom. The number of carbonyl (C=O) groups is 1. The van der Waals surface area contributed by atoms with E-state index in [1.165, 1.54) is 6.42 Å². The molecule has 0 radical (unpaired) electrons. The molecule has 0 spiro atoms. The molecule has 0 heterocycles. The molecule has 15 heavy (non-hydrogen) atoms. The Hall–Kier alpha value is -0.427. The second-order valence-electron chi connectivity index (χ2n) is 5.90. The molecule has 0 fully saturated rings. The molecule has 1 N–H and O–H groups in total. The average molecular weight is 303 g/mol. The number of rotatable bonds is 1. The first-order chi connectivity index (χ1) is 6.33. The molecule has 0 aromatic rings. The topological polar surface area (TPSA) is 37.3 Å². The SMILES string of the molecule is CC(=O)O.[CH3][Rh]([CH3])([CH3])([CH3])([CH3])[C]1=CC=CC1. The normalized spacial score (nSPS) is 19.5. The van der Waals surface area contributed by atoms with Crippen LogP contribution in [0, 0.1) is 0 Å². The van der Waals surface area contributed by atoms with Crippen LogP contribution in [0.25, 0.3) is 0 Å². The van der Waals surface area contributed by atoms with Gasteiger partial charge in [0.15, 0.2) is 0 Å². The molecule has 3 heteroatoms. The summed E-state index contributed by atoms with van der Waals surface area (Å²) in [5, 5.41) is 7.42. The number of hydrogen-bond acceptors (Lipinski definition) is 1. The molecule has 0 saturated heterocycles. The van der Waals surface area contributed by atoms with E-state index in [9.17, 15) is 0 Å². The molecule has 0 amide bonds. The zero-order valence-electron chi connectivity index (χ0n) is 10.6. The van der Waals surface area contributed by atoms with Crippen LogP contribution in [0.2, 0.25) is 27.6 Å². The van der Waals surface area contributed by atoms with Crippen LogP contribution >= 0.6 is 0 Å². The van der Waals surface area contributed by atoms with Gasteiger partial charge < -0.3 is 5.11 Å². The molecule has 2 nitrogen and oxygen atoms in total. The van der Waals surface area contributed by atoms with Gasteiger partial charge in [-0.1, -0.05) is 0 Å². The summed E-state index contributed by atoms with van der Waals surface area (Å²) >= 11 is -2.40. The fourth-order valence-electron chi connectivity index (χ4n) is 1.03. The summed E-state index contributed by atoms with van der Waals surface area (Å²) in [6.07, 6.45) is 7.96. The van der Waals surface area contributed by atoms with Crippen molar-refractivity contribution in [3.63, 3.8) is 0 Å². The van der Waals surface area contributed by atoms with Gasteiger partial charge in [-0.05, 0) is 0 Å². The van der Waals surface area contributed by atoms with Gasteiger partial charge in [0.1, 0.15) is 0 Å². The quantitative estimate of drug-likeness (QED) is 0.730. The van der Waals surface area contributed by atoms with E-state index in [4.69, 9.17) is 9.90 Å². The molecule has 1 aliphatic rings. The Bertz CT molecular complexity index is 310. The minimum absolute atomic E-state index is 0.833. The van der Waals surface area contributed by atoms with Crippen molar-refractivity contribution in [2.75, 3.05) is 0 Å². The molecule has 0 unspecified atom stereocenters. The van der Waals surface area contributed by atoms with Gasteiger partial charge in [-0.3, -0.25) is 4.79 Å². The van der Waals surface area contributed by atoms with Crippen LogP contribution in [0.5, 0.6) is 0 Å². The molecule has 0 saturated carbocycles. The minimum atomic E-state index is -2.40. The molecule has 0 aromatic carbocycles. The molecule has 1 aliphatic carbocycles. The predicted octanol–water partition coefficient (Wildman–Crippen LogP) is 4.39. The van der Waals surface area contributed by atoms with Crippen molar-refractivity contribution in [1.82, 2.24) is 0 Å². The van der Waals surface area contributed by atoms with Gasteiger partial charge in [-0.15, -0.1) is 0 Å². The molecule has 0 aliphatic heterocycles. The van der Waals surface area contributed by atoms with E-state index >= 15 is 0 Å². The molecule has 0 atom stereocenters. The van der Waals surface area contributed by atoms with Crippen LogP contribution in [0.3, 0.4) is 0 Å². The second-order valence-corrected chi connectivity index (χ2v) is 27.4. The van der Waals surface area contributed by atoms with E-state index in [-0.39, 0.29) is 0 Å².